The van der Waals surface area contributed by atoms with Gasteiger partial charge in [0.1, 0.15) is 0 Å². The fourth-order valence-electron chi connectivity index (χ4n) is 3.37. The maximum Gasteiger partial charge on any atom is 0.417 e. The van der Waals surface area contributed by atoms with Crippen molar-refractivity contribution < 1.29 is 22.8 Å². The van der Waals surface area contributed by atoms with Gasteiger partial charge in [0.15, 0.2) is 0 Å². The van der Waals surface area contributed by atoms with Crippen LogP contribution in [0.5, 0.6) is 0 Å². The van der Waals surface area contributed by atoms with Crippen LogP contribution in [-0.4, -0.2) is 54.3 Å². The number of carbonyl (C=O) groups is 2. The zero-order valence-corrected chi connectivity index (χ0v) is 16.7. The number of nitrogens with one attached hydrogen (secondary N) is 1. The summed E-state index contributed by atoms with van der Waals surface area (Å²) in [5.74, 6) is -0.812. The van der Waals surface area contributed by atoms with E-state index < -0.39 is 17.6 Å². The third kappa shape index (κ3) is 5.83. The lowest BCUT2D eigenvalue weighted by molar-refractivity contribution is -0.138. The number of hydrogen-bond acceptors (Lipinski definition) is 4. The molecule has 0 saturated carbocycles. The molecule has 0 aromatic heterocycles. The standard InChI is InChI=1S/C22H21F3N4O2/c23-22(24,25)19-4-2-1-3-18(19)21(31)29-13-11-28(12-14-29)10-9-20(30)27-17-7-5-16(15-26)6-8-17/h1-8H,9-14H2,(H,27,30). The molecule has 3 rings (SSSR count). The molecule has 2 aromatic rings. The number of hydrogen-bond donors (Lipinski definition) is 1. The van der Waals surface area contributed by atoms with Crippen LogP contribution in [0.4, 0.5) is 18.9 Å². The van der Waals surface area contributed by atoms with Crippen molar-refractivity contribution in [3.63, 3.8) is 0 Å². The van der Waals surface area contributed by atoms with Gasteiger partial charge in [-0.3, -0.25) is 14.5 Å². The van der Waals surface area contributed by atoms with Crippen LogP contribution in [0, 0.1) is 11.3 Å². The van der Waals surface area contributed by atoms with Gasteiger partial charge in [0, 0.05) is 44.8 Å². The van der Waals surface area contributed by atoms with Crippen molar-refractivity contribution in [2.24, 2.45) is 0 Å². The van der Waals surface area contributed by atoms with Crippen LogP contribution in [0.2, 0.25) is 0 Å². The molecule has 162 valence electrons. The first-order valence-corrected chi connectivity index (χ1v) is 9.76. The average Bonchev–Trinajstić information content (AvgIpc) is 2.77. The molecule has 0 bridgehead atoms. The van der Waals surface area contributed by atoms with Crippen LogP contribution in [0.3, 0.4) is 0 Å². The molecule has 1 N–H and O–H groups in total. The number of alkyl halides is 3. The Morgan fingerprint density at radius 1 is 1.00 bits per heavy atom. The molecule has 1 fully saturated rings. The topological polar surface area (TPSA) is 76.4 Å². The summed E-state index contributed by atoms with van der Waals surface area (Å²) in [6.07, 6.45) is -4.35. The van der Waals surface area contributed by atoms with Gasteiger partial charge < -0.3 is 10.2 Å². The molecule has 2 aromatic carbocycles. The minimum Gasteiger partial charge on any atom is -0.336 e. The summed E-state index contributed by atoms with van der Waals surface area (Å²) in [5.41, 5.74) is -0.168. The first-order valence-electron chi connectivity index (χ1n) is 9.76. The van der Waals surface area contributed by atoms with Gasteiger partial charge in [-0.2, -0.15) is 18.4 Å². The summed E-state index contributed by atoms with van der Waals surface area (Å²) in [7, 11) is 0. The Hall–Kier alpha value is -3.38. The first kappa shape index (κ1) is 22.3. The van der Waals surface area contributed by atoms with Crippen LogP contribution in [0.15, 0.2) is 48.5 Å². The number of benzene rings is 2. The maximum absolute atomic E-state index is 13.2. The van der Waals surface area contributed by atoms with Crippen LogP contribution in [0.1, 0.15) is 27.9 Å². The van der Waals surface area contributed by atoms with Gasteiger partial charge in [0.25, 0.3) is 5.91 Å². The number of piperazine rings is 1. The van der Waals surface area contributed by atoms with Crippen molar-refractivity contribution >= 4 is 17.5 Å². The molecule has 0 atom stereocenters. The number of nitrogens with zero attached hydrogens (tertiary/aromatic N) is 3. The molecule has 6 nitrogen and oxygen atoms in total. The van der Waals surface area contributed by atoms with Crippen molar-refractivity contribution in [3.8, 4) is 6.07 Å². The van der Waals surface area contributed by atoms with Crippen molar-refractivity contribution in [1.29, 1.82) is 5.26 Å². The van der Waals surface area contributed by atoms with Crippen LogP contribution in [-0.2, 0) is 11.0 Å². The lowest BCUT2D eigenvalue weighted by Gasteiger charge is -2.35. The highest BCUT2D eigenvalue weighted by atomic mass is 19.4. The Balaban J connectivity index is 1.48. The van der Waals surface area contributed by atoms with E-state index >= 15 is 0 Å². The summed E-state index contributed by atoms with van der Waals surface area (Å²) in [5, 5.41) is 11.5. The van der Waals surface area contributed by atoms with Crippen molar-refractivity contribution in [3.05, 3.63) is 65.2 Å². The van der Waals surface area contributed by atoms with Gasteiger partial charge >= 0.3 is 6.18 Å². The molecule has 9 heteroatoms. The maximum atomic E-state index is 13.2. The van der Waals surface area contributed by atoms with E-state index in [1.165, 1.54) is 23.1 Å². The van der Waals surface area contributed by atoms with E-state index in [0.29, 0.717) is 44.0 Å². The first-order chi connectivity index (χ1) is 14.8. The van der Waals surface area contributed by atoms with E-state index in [-0.39, 0.29) is 17.9 Å². The van der Waals surface area contributed by atoms with Gasteiger partial charge in [-0.05, 0) is 36.4 Å². The largest absolute Gasteiger partial charge is 0.417 e. The van der Waals surface area contributed by atoms with E-state index in [1.54, 1.807) is 24.3 Å². The van der Waals surface area contributed by atoms with E-state index in [9.17, 15) is 22.8 Å². The average molecular weight is 430 g/mol. The number of halogens is 3. The summed E-state index contributed by atoms with van der Waals surface area (Å²) < 4.78 is 39.5. The van der Waals surface area contributed by atoms with E-state index in [4.69, 9.17) is 5.26 Å². The number of nitriles is 1. The second-order valence-corrected chi connectivity index (χ2v) is 7.16. The van der Waals surface area contributed by atoms with Crippen LogP contribution in [0.25, 0.3) is 0 Å². The molecule has 1 heterocycles. The highest BCUT2D eigenvalue weighted by molar-refractivity contribution is 5.96. The fraction of sp³-hybridized carbons (Fsp3) is 0.318. The second-order valence-electron chi connectivity index (χ2n) is 7.16. The Bertz CT molecular complexity index is 975. The quantitative estimate of drug-likeness (QED) is 0.789. The molecule has 1 aliphatic heterocycles. The molecular weight excluding hydrogens is 409 g/mol. The van der Waals surface area contributed by atoms with Crippen molar-refractivity contribution in [2.75, 3.05) is 38.0 Å². The number of rotatable bonds is 5. The summed E-state index contributed by atoms with van der Waals surface area (Å²) in [6, 6.07) is 13.3. The Kier molecular flexibility index (Phi) is 6.92. The smallest absolute Gasteiger partial charge is 0.336 e. The van der Waals surface area contributed by atoms with Crippen LogP contribution >= 0.6 is 0 Å². The Morgan fingerprint density at radius 2 is 1.65 bits per heavy atom. The minimum absolute atomic E-state index is 0.178. The number of carbonyl (C=O) groups excluding carboxylic acids is 2. The summed E-state index contributed by atoms with van der Waals surface area (Å²) in [4.78, 5) is 28.1. The summed E-state index contributed by atoms with van der Waals surface area (Å²) in [6.45, 7) is 2.02. The highest BCUT2D eigenvalue weighted by Gasteiger charge is 2.36. The Morgan fingerprint density at radius 3 is 2.26 bits per heavy atom. The molecule has 0 radical (unpaired) electrons. The molecule has 0 spiro atoms. The van der Waals surface area contributed by atoms with Gasteiger partial charge in [-0.15, -0.1) is 0 Å². The zero-order chi connectivity index (χ0) is 22.4. The lowest BCUT2D eigenvalue weighted by Crippen LogP contribution is -2.49. The molecule has 31 heavy (non-hydrogen) atoms. The molecule has 0 unspecified atom stereocenters. The third-order valence-corrected chi connectivity index (χ3v) is 5.08. The van der Waals surface area contributed by atoms with E-state index in [2.05, 4.69) is 5.32 Å². The number of amides is 2. The lowest BCUT2D eigenvalue weighted by atomic mass is 10.1. The molecule has 0 aliphatic carbocycles. The fourth-order valence-corrected chi connectivity index (χ4v) is 3.37. The molecule has 1 aliphatic rings. The van der Waals surface area contributed by atoms with E-state index in [1.807, 2.05) is 11.0 Å². The van der Waals surface area contributed by atoms with Gasteiger partial charge in [-0.25, -0.2) is 0 Å². The highest BCUT2D eigenvalue weighted by Crippen LogP contribution is 2.32. The Labute approximate surface area is 177 Å². The predicted molar refractivity (Wildman–Crippen MR) is 108 cm³/mol. The molecular formula is C22H21F3N4O2. The van der Waals surface area contributed by atoms with Gasteiger partial charge in [-0.1, -0.05) is 12.1 Å². The van der Waals surface area contributed by atoms with Crippen LogP contribution < -0.4 is 5.32 Å². The van der Waals surface area contributed by atoms with Gasteiger partial charge in [0.2, 0.25) is 5.91 Å². The van der Waals surface area contributed by atoms with E-state index in [0.717, 1.165) is 6.07 Å². The van der Waals surface area contributed by atoms with Crippen molar-refractivity contribution in [1.82, 2.24) is 9.80 Å². The summed E-state index contributed by atoms with van der Waals surface area (Å²) >= 11 is 0. The number of anilines is 1. The normalized spacial score (nSPS) is 14.7. The predicted octanol–water partition coefficient (Wildman–Crippen LogP) is 3.36. The zero-order valence-electron chi connectivity index (χ0n) is 16.7. The monoisotopic (exact) mass is 430 g/mol. The SMILES string of the molecule is N#Cc1ccc(NC(=O)CCN2CCN(C(=O)c3ccccc3C(F)(F)F)CC2)cc1. The second kappa shape index (κ2) is 9.62. The third-order valence-electron chi connectivity index (χ3n) is 5.08. The van der Waals surface area contributed by atoms with Gasteiger partial charge in [0.05, 0.1) is 22.8 Å². The minimum atomic E-state index is -4.59. The molecule has 1 saturated heterocycles. The van der Waals surface area contributed by atoms with Crippen molar-refractivity contribution in [2.45, 2.75) is 12.6 Å². The molecule has 2 amide bonds.